The van der Waals surface area contributed by atoms with Crippen LogP contribution in [0.4, 0.5) is 8.78 Å². The third-order valence-corrected chi connectivity index (χ3v) is 4.19. The van der Waals surface area contributed by atoms with Crippen molar-refractivity contribution in [2.45, 2.75) is 6.04 Å². The fraction of sp³-hybridized carbons (Fsp3) is 0.211. The molecule has 0 aliphatic heterocycles. The Labute approximate surface area is 175 Å². The van der Waals surface area contributed by atoms with Crippen molar-refractivity contribution in [3.8, 4) is 11.5 Å². The first-order chi connectivity index (χ1) is 14.2. The zero-order chi connectivity index (χ0) is 22.4. The Bertz CT molecular complexity index is 987. The van der Waals surface area contributed by atoms with Crippen LogP contribution < -0.4 is 25.8 Å². The van der Waals surface area contributed by atoms with E-state index in [2.05, 4.69) is 10.6 Å². The lowest BCUT2D eigenvalue weighted by Crippen LogP contribution is -2.39. The average Bonchev–Trinajstić information content (AvgIpc) is 2.71. The van der Waals surface area contributed by atoms with Gasteiger partial charge in [0.1, 0.15) is 6.04 Å². The minimum absolute atomic E-state index is 0.00188. The number of rotatable bonds is 8. The molecule has 0 radical (unpaired) electrons. The van der Waals surface area contributed by atoms with Gasteiger partial charge in [0.2, 0.25) is 5.91 Å². The van der Waals surface area contributed by atoms with Gasteiger partial charge in [0.05, 0.1) is 12.1 Å². The molecule has 1 atom stereocenters. The molecule has 30 heavy (non-hydrogen) atoms. The van der Waals surface area contributed by atoms with Gasteiger partial charge in [-0.05, 0) is 29.8 Å². The Hall–Kier alpha value is -3.40. The number of benzene rings is 2. The second kappa shape index (κ2) is 9.88. The molecule has 2 aromatic rings. The number of halogens is 3. The normalized spacial score (nSPS) is 11.4. The second-order valence-corrected chi connectivity index (χ2v) is 6.35. The number of carbonyl (C=O) groups is 3. The zero-order valence-electron chi connectivity index (χ0n) is 15.9. The molecule has 0 heterocycles. The van der Waals surface area contributed by atoms with E-state index >= 15 is 0 Å². The van der Waals surface area contributed by atoms with Gasteiger partial charge in [-0.3, -0.25) is 14.4 Å². The highest BCUT2D eigenvalue weighted by Crippen LogP contribution is 2.36. The number of amides is 3. The Morgan fingerprint density at radius 3 is 2.43 bits per heavy atom. The summed E-state index contributed by atoms with van der Waals surface area (Å²) >= 11 is 6.11. The van der Waals surface area contributed by atoms with Crippen LogP contribution in [0, 0.1) is 11.6 Å². The van der Waals surface area contributed by atoms with Gasteiger partial charge in [0.25, 0.3) is 11.8 Å². The van der Waals surface area contributed by atoms with E-state index in [4.69, 9.17) is 26.8 Å². The number of carbonyl (C=O) groups excluding carboxylic acids is 3. The van der Waals surface area contributed by atoms with Crippen molar-refractivity contribution in [3.63, 3.8) is 0 Å². The van der Waals surface area contributed by atoms with E-state index in [0.717, 1.165) is 12.1 Å². The lowest BCUT2D eigenvalue weighted by atomic mass is 10.0. The van der Waals surface area contributed by atoms with Gasteiger partial charge in [-0.2, -0.15) is 0 Å². The molecule has 0 aliphatic rings. The largest absolute Gasteiger partial charge is 0.493 e. The van der Waals surface area contributed by atoms with E-state index in [9.17, 15) is 23.2 Å². The monoisotopic (exact) mass is 441 g/mol. The van der Waals surface area contributed by atoms with Gasteiger partial charge in [0.15, 0.2) is 29.7 Å². The van der Waals surface area contributed by atoms with Crippen LogP contribution in [0.15, 0.2) is 30.3 Å². The molecule has 160 valence electrons. The van der Waals surface area contributed by atoms with Crippen molar-refractivity contribution in [2.75, 3.05) is 20.8 Å². The summed E-state index contributed by atoms with van der Waals surface area (Å²) in [5.74, 6) is -4.38. The number of hydrogen-bond donors (Lipinski definition) is 3. The van der Waals surface area contributed by atoms with Gasteiger partial charge in [0, 0.05) is 12.6 Å². The number of nitrogens with one attached hydrogen (secondary N) is 2. The van der Waals surface area contributed by atoms with Crippen molar-refractivity contribution < 1.29 is 32.6 Å². The Morgan fingerprint density at radius 2 is 1.87 bits per heavy atom. The summed E-state index contributed by atoms with van der Waals surface area (Å²) < 4.78 is 37.1. The first-order valence-corrected chi connectivity index (χ1v) is 8.81. The fourth-order valence-electron chi connectivity index (χ4n) is 2.49. The second-order valence-electron chi connectivity index (χ2n) is 5.94. The number of hydrogen-bond acceptors (Lipinski definition) is 5. The zero-order valence-corrected chi connectivity index (χ0v) is 16.7. The van der Waals surface area contributed by atoms with Crippen molar-refractivity contribution in [1.29, 1.82) is 0 Å². The van der Waals surface area contributed by atoms with Crippen LogP contribution >= 0.6 is 11.6 Å². The van der Waals surface area contributed by atoms with Crippen LogP contribution in [0.3, 0.4) is 0 Å². The first-order valence-electron chi connectivity index (χ1n) is 8.44. The highest BCUT2D eigenvalue weighted by atomic mass is 35.5. The quantitative estimate of drug-likeness (QED) is 0.576. The standard InChI is InChI=1S/C19H18ClF2N3O5/c1-24-19(28)16(9-3-4-12(21)13(22)6-9)25-18(27)10-5-11(20)17(14(7-10)29-2)30-8-15(23)26/h3-7,16H,8H2,1-2H3,(H2,23,26)(H,24,28)(H,25,27). The molecule has 11 heteroatoms. The summed E-state index contributed by atoms with van der Waals surface area (Å²) in [7, 11) is 2.62. The van der Waals surface area contributed by atoms with Crippen molar-refractivity contribution in [3.05, 3.63) is 58.1 Å². The molecule has 0 aliphatic carbocycles. The summed E-state index contributed by atoms with van der Waals surface area (Å²) in [6, 6.07) is 4.01. The maximum atomic E-state index is 13.6. The van der Waals surface area contributed by atoms with Crippen LogP contribution in [-0.2, 0) is 9.59 Å². The van der Waals surface area contributed by atoms with Crippen LogP contribution in [-0.4, -0.2) is 38.5 Å². The number of ether oxygens (including phenoxy) is 2. The third-order valence-electron chi connectivity index (χ3n) is 3.91. The van der Waals surface area contributed by atoms with Gasteiger partial charge in [-0.25, -0.2) is 8.78 Å². The van der Waals surface area contributed by atoms with Crippen LogP contribution in [0.2, 0.25) is 5.02 Å². The molecule has 4 N–H and O–H groups in total. The topological polar surface area (TPSA) is 120 Å². The molecule has 1 unspecified atom stereocenters. The molecule has 3 amide bonds. The lowest BCUT2D eigenvalue weighted by Gasteiger charge is -2.19. The molecule has 8 nitrogen and oxygen atoms in total. The molecule has 0 fully saturated rings. The van der Waals surface area contributed by atoms with Gasteiger partial charge >= 0.3 is 0 Å². The highest BCUT2D eigenvalue weighted by molar-refractivity contribution is 6.32. The molecular weight excluding hydrogens is 424 g/mol. The molecule has 2 aromatic carbocycles. The molecule has 0 bridgehead atoms. The number of methoxy groups -OCH3 is 1. The SMILES string of the molecule is CNC(=O)C(NC(=O)c1cc(Cl)c(OCC(N)=O)c(OC)c1)c1ccc(F)c(F)c1. The average molecular weight is 442 g/mol. The summed E-state index contributed by atoms with van der Waals surface area (Å²) in [4.78, 5) is 35.8. The van der Waals surface area contributed by atoms with E-state index in [0.29, 0.717) is 0 Å². The van der Waals surface area contributed by atoms with Crippen molar-refractivity contribution in [2.24, 2.45) is 5.73 Å². The summed E-state index contributed by atoms with van der Waals surface area (Å²) in [5.41, 5.74) is 5.05. The maximum Gasteiger partial charge on any atom is 0.255 e. The van der Waals surface area contributed by atoms with Gasteiger partial charge in [-0.1, -0.05) is 17.7 Å². The van der Waals surface area contributed by atoms with E-state index in [1.165, 1.54) is 32.4 Å². The van der Waals surface area contributed by atoms with Crippen LogP contribution in [0.5, 0.6) is 11.5 Å². The Morgan fingerprint density at radius 1 is 1.17 bits per heavy atom. The van der Waals surface area contributed by atoms with E-state index in [-0.39, 0.29) is 27.6 Å². The molecule has 0 aromatic heterocycles. The summed E-state index contributed by atoms with van der Waals surface area (Å²) in [6.45, 7) is -0.462. The van der Waals surface area contributed by atoms with E-state index in [1.54, 1.807) is 0 Å². The van der Waals surface area contributed by atoms with E-state index in [1.807, 2.05) is 0 Å². The maximum absolute atomic E-state index is 13.6. The predicted molar refractivity (Wildman–Crippen MR) is 103 cm³/mol. The lowest BCUT2D eigenvalue weighted by molar-refractivity contribution is -0.122. The number of primary amides is 1. The van der Waals surface area contributed by atoms with Gasteiger partial charge < -0.3 is 25.8 Å². The predicted octanol–water partition coefficient (Wildman–Crippen LogP) is 1.71. The molecule has 0 saturated carbocycles. The van der Waals surface area contributed by atoms with Crippen molar-refractivity contribution >= 4 is 29.3 Å². The highest BCUT2D eigenvalue weighted by Gasteiger charge is 2.25. The van der Waals surface area contributed by atoms with E-state index < -0.39 is 42.0 Å². The minimum Gasteiger partial charge on any atom is -0.493 e. The molecule has 2 rings (SSSR count). The van der Waals surface area contributed by atoms with Gasteiger partial charge in [-0.15, -0.1) is 0 Å². The van der Waals surface area contributed by atoms with Crippen molar-refractivity contribution in [1.82, 2.24) is 10.6 Å². The van der Waals surface area contributed by atoms with Crippen LogP contribution in [0.1, 0.15) is 22.0 Å². The number of likely N-dealkylation sites (N-methyl/N-ethyl adjacent to an activating group) is 1. The summed E-state index contributed by atoms with van der Waals surface area (Å²) in [5, 5.41) is 4.72. The molecule has 0 spiro atoms. The Kier molecular flexibility index (Phi) is 7.54. The molecular formula is C19H18ClF2N3O5. The third kappa shape index (κ3) is 5.35. The van der Waals surface area contributed by atoms with Crippen LogP contribution in [0.25, 0.3) is 0 Å². The smallest absolute Gasteiger partial charge is 0.255 e. The Balaban J connectivity index is 2.35. The minimum atomic E-state index is -1.31. The fourth-order valence-corrected chi connectivity index (χ4v) is 2.75. The first kappa shape index (κ1) is 22.9. The molecule has 0 saturated heterocycles. The number of nitrogens with two attached hydrogens (primary N) is 1. The summed E-state index contributed by atoms with van der Waals surface area (Å²) in [6.07, 6.45) is 0.